The summed E-state index contributed by atoms with van der Waals surface area (Å²) in [6.07, 6.45) is 2.22. The van der Waals surface area contributed by atoms with Gasteiger partial charge in [-0.05, 0) is 79.1 Å². The van der Waals surface area contributed by atoms with Crippen molar-refractivity contribution in [2.45, 2.75) is 30.4 Å². The van der Waals surface area contributed by atoms with Gasteiger partial charge in [0.2, 0.25) is 5.91 Å². The Hall–Kier alpha value is -4.53. The molecule has 0 heterocycles. The highest BCUT2D eigenvalue weighted by Gasteiger charge is 2.21. The quantitative estimate of drug-likeness (QED) is 0.120. The van der Waals surface area contributed by atoms with E-state index in [9.17, 15) is 14.4 Å². The molecule has 0 aliphatic heterocycles. The monoisotopic (exact) mass is 613 g/mol. The zero-order chi connectivity index (χ0) is 30.8. The van der Waals surface area contributed by atoms with E-state index in [4.69, 9.17) is 16.3 Å². The molecule has 1 atom stereocenters. The van der Waals surface area contributed by atoms with E-state index in [1.165, 1.54) is 18.9 Å². The summed E-state index contributed by atoms with van der Waals surface area (Å²) in [6, 6.07) is 28.6. The SMILES string of the molecule is CCC(Sc1cccc(NC(=O)/C(=C/c2ccccc2C)NC(=O)c2ccccc2)c1)C(=O)Nc1cc(Cl)ccc1OC. The van der Waals surface area contributed by atoms with Crippen molar-refractivity contribution in [1.82, 2.24) is 5.32 Å². The third-order valence-electron chi connectivity index (χ3n) is 6.47. The van der Waals surface area contributed by atoms with E-state index in [1.807, 2.05) is 50.2 Å². The maximum atomic E-state index is 13.5. The predicted molar refractivity (Wildman–Crippen MR) is 175 cm³/mol. The third-order valence-corrected chi connectivity index (χ3v) is 8.06. The summed E-state index contributed by atoms with van der Waals surface area (Å²) < 4.78 is 5.35. The Morgan fingerprint density at radius 2 is 1.65 bits per heavy atom. The van der Waals surface area contributed by atoms with Gasteiger partial charge in [0.1, 0.15) is 11.4 Å². The van der Waals surface area contributed by atoms with Gasteiger partial charge in [0.15, 0.2) is 0 Å². The molecule has 0 fully saturated rings. The first kappa shape index (κ1) is 31.4. The number of carbonyl (C=O) groups excluding carboxylic acids is 3. The molecule has 0 saturated heterocycles. The standard InChI is InChI=1S/C34H32ClN3O4S/c1-4-31(34(41)37-28-20-25(35)17-18-30(28)42-3)43-27-16-10-15-26(21-27)36-33(40)29(19-24-14-9-8-11-22(24)2)38-32(39)23-12-6-5-7-13-23/h5-21,31H,4H2,1-3H3,(H,36,40)(H,37,41)(H,38,39)/b29-19-. The van der Waals surface area contributed by atoms with Gasteiger partial charge in [0.25, 0.3) is 11.8 Å². The van der Waals surface area contributed by atoms with E-state index >= 15 is 0 Å². The first-order chi connectivity index (χ1) is 20.8. The molecule has 43 heavy (non-hydrogen) atoms. The Labute approximate surface area is 260 Å². The maximum Gasteiger partial charge on any atom is 0.272 e. The number of benzene rings is 4. The van der Waals surface area contributed by atoms with Gasteiger partial charge in [-0.3, -0.25) is 14.4 Å². The predicted octanol–water partition coefficient (Wildman–Crippen LogP) is 7.58. The van der Waals surface area contributed by atoms with E-state index < -0.39 is 17.1 Å². The van der Waals surface area contributed by atoms with Crippen LogP contribution in [0.15, 0.2) is 108 Å². The highest BCUT2D eigenvalue weighted by Crippen LogP contribution is 2.32. The molecule has 0 spiro atoms. The highest BCUT2D eigenvalue weighted by atomic mass is 35.5. The fourth-order valence-electron chi connectivity index (χ4n) is 4.17. The number of amides is 3. The molecule has 1 unspecified atom stereocenters. The number of rotatable bonds is 11. The van der Waals surface area contributed by atoms with Crippen LogP contribution >= 0.6 is 23.4 Å². The molecule has 4 rings (SSSR count). The summed E-state index contributed by atoms with van der Waals surface area (Å²) in [5.41, 5.74) is 3.31. The number of ether oxygens (including phenoxy) is 1. The first-order valence-corrected chi connectivity index (χ1v) is 14.9. The van der Waals surface area contributed by atoms with E-state index in [0.717, 1.165) is 16.0 Å². The minimum Gasteiger partial charge on any atom is -0.495 e. The van der Waals surface area contributed by atoms with Crippen LogP contribution in [0.25, 0.3) is 6.08 Å². The van der Waals surface area contributed by atoms with Gasteiger partial charge in [-0.1, -0.05) is 67.1 Å². The minimum absolute atomic E-state index is 0.0995. The highest BCUT2D eigenvalue weighted by molar-refractivity contribution is 8.00. The Morgan fingerprint density at radius 3 is 2.37 bits per heavy atom. The molecule has 0 saturated carbocycles. The number of carbonyl (C=O) groups is 3. The summed E-state index contributed by atoms with van der Waals surface area (Å²) in [6.45, 7) is 3.86. The first-order valence-electron chi connectivity index (χ1n) is 13.6. The van der Waals surface area contributed by atoms with E-state index in [-0.39, 0.29) is 11.6 Å². The van der Waals surface area contributed by atoms with Crippen molar-refractivity contribution in [2.75, 3.05) is 17.7 Å². The molecule has 7 nitrogen and oxygen atoms in total. The lowest BCUT2D eigenvalue weighted by molar-refractivity contribution is -0.116. The van der Waals surface area contributed by atoms with Crippen LogP contribution in [0.2, 0.25) is 5.02 Å². The normalized spacial score (nSPS) is 11.8. The van der Waals surface area contributed by atoms with Crippen molar-refractivity contribution in [1.29, 1.82) is 0 Å². The van der Waals surface area contributed by atoms with Crippen molar-refractivity contribution < 1.29 is 19.1 Å². The van der Waals surface area contributed by atoms with Crippen LogP contribution in [-0.2, 0) is 9.59 Å². The van der Waals surface area contributed by atoms with Crippen LogP contribution in [-0.4, -0.2) is 30.1 Å². The van der Waals surface area contributed by atoms with E-state index in [2.05, 4.69) is 16.0 Å². The molecule has 220 valence electrons. The Kier molecular flexibility index (Phi) is 11.0. The van der Waals surface area contributed by atoms with Crippen molar-refractivity contribution >= 4 is 58.5 Å². The number of anilines is 2. The molecule has 0 aromatic heterocycles. The second-order valence-corrected chi connectivity index (χ2v) is 11.3. The zero-order valence-corrected chi connectivity index (χ0v) is 25.6. The Morgan fingerprint density at radius 1 is 0.907 bits per heavy atom. The zero-order valence-electron chi connectivity index (χ0n) is 24.0. The lowest BCUT2D eigenvalue weighted by Crippen LogP contribution is -2.30. The third kappa shape index (κ3) is 8.73. The number of hydrogen-bond acceptors (Lipinski definition) is 5. The van der Waals surface area contributed by atoms with Crippen LogP contribution in [0.3, 0.4) is 0 Å². The molecule has 4 aromatic carbocycles. The van der Waals surface area contributed by atoms with Crippen LogP contribution in [0, 0.1) is 6.92 Å². The van der Waals surface area contributed by atoms with Gasteiger partial charge in [0, 0.05) is 21.2 Å². The van der Waals surface area contributed by atoms with Gasteiger partial charge in [-0.2, -0.15) is 0 Å². The molecule has 0 aliphatic carbocycles. The largest absolute Gasteiger partial charge is 0.495 e. The number of aryl methyl sites for hydroxylation is 1. The molecule has 9 heteroatoms. The molecule has 4 aromatic rings. The molecule has 0 bridgehead atoms. The van der Waals surface area contributed by atoms with Crippen molar-refractivity contribution in [3.05, 3.63) is 124 Å². The molecule has 3 N–H and O–H groups in total. The fraction of sp³-hybridized carbons (Fsp3) is 0.147. The molecular weight excluding hydrogens is 582 g/mol. The van der Waals surface area contributed by atoms with Gasteiger partial charge in [0.05, 0.1) is 18.0 Å². The van der Waals surface area contributed by atoms with Gasteiger partial charge in [-0.25, -0.2) is 0 Å². The van der Waals surface area contributed by atoms with Crippen LogP contribution in [0.5, 0.6) is 5.75 Å². The van der Waals surface area contributed by atoms with Gasteiger partial charge in [-0.15, -0.1) is 11.8 Å². The van der Waals surface area contributed by atoms with Crippen LogP contribution in [0.4, 0.5) is 11.4 Å². The number of thioether (sulfide) groups is 1. The maximum absolute atomic E-state index is 13.5. The van der Waals surface area contributed by atoms with Crippen molar-refractivity contribution in [3.63, 3.8) is 0 Å². The average molecular weight is 614 g/mol. The van der Waals surface area contributed by atoms with Crippen molar-refractivity contribution in [2.24, 2.45) is 0 Å². The van der Waals surface area contributed by atoms with E-state index in [1.54, 1.807) is 66.7 Å². The second kappa shape index (κ2) is 15.1. The molecule has 3 amide bonds. The minimum atomic E-state index is -0.479. The molecule has 0 aliphatic rings. The summed E-state index contributed by atoms with van der Waals surface area (Å²) in [7, 11) is 1.53. The molecular formula is C34H32ClN3O4S. The number of hydrogen-bond donors (Lipinski definition) is 3. The Balaban J connectivity index is 1.51. The Bertz CT molecular complexity index is 1640. The fourth-order valence-corrected chi connectivity index (χ4v) is 5.36. The summed E-state index contributed by atoms with van der Waals surface area (Å²) in [5, 5.41) is 8.63. The van der Waals surface area contributed by atoms with Crippen molar-refractivity contribution in [3.8, 4) is 5.75 Å². The summed E-state index contributed by atoms with van der Waals surface area (Å²) in [4.78, 5) is 40.4. The summed E-state index contributed by atoms with van der Waals surface area (Å²) in [5.74, 6) is -0.564. The summed E-state index contributed by atoms with van der Waals surface area (Å²) >= 11 is 7.49. The van der Waals surface area contributed by atoms with Crippen LogP contribution < -0.4 is 20.7 Å². The average Bonchev–Trinajstić information content (AvgIpc) is 3.01. The number of halogens is 1. The van der Waals surface area contributed by atoms with Crippen LogP contribution in [0.1, 0.15) is 34.8 Å². The lowest BCUT2D eigenvalue weighted by Gasteiger charge is -2.17. The van der Waals surface area contributed by atoms with Gasteiger partial charge >= 0.3 is 0 Å². The molecule has 0 radical (unpaired) electrons. The second-order valence-electron chi connectivity index (χ2n) is 9.57. The number of nitrogens with one attached hydrogen (secondary N) is 3. The smallest absolute Gasteiger partial charge is 0.272 e. The number of methoxy groups -OCH3 is 1. The van der Waals surface area contributed by atoms with E-state index in [0.29, 0.717) is 34.1 Å². The topological polar surface area (TPSA) is 96.5 Å². The van der Waals surface area contributed by atoms with Gasteiger partial charge < -0.3 is 20.7 Å². The lowest BCUT2D eigenvalue weighted by atomic mass is 10.1.